The van der Waals surface area contributed by atoms with Crippen LogP contribution in [0, 0.1) is 17.7 Å². The van der Waals surface area contributed by atoms with E-state index in [-0.39, 0.29) is 23.8 Å². The van der Waals surface area contributed by atoms with Gasteiger partial charge in [0.15, 0.2) is 5.82 Å². The molecule has 2 unspecified atom stereocenters. The van der Waals surface area contributed by atoms with Crippen LogP contribution < -0.4 is 15.2 Å². The van der Waals surface area contributed by atoms with Crippen molar-refractivity contribution in [3.8, 4) is 34.3 Å². The molecule has 1 saturated heterocycles. The molecule has 0 spiro atoms. The molecule has 4 heterocycles. The molecule has 2 saturated carbocycles. The maximum atomic E-state index is 15.0. The Kier molecular flexibility index (Phi) is 6.20. The zero-order chi connectivity index (χ0) is 30.3. The van der Waals surface area contributed by atoms with E-state index in [1.165, 1.54) is 13.2 Å². The molecule has 2 bridgehead atoms. The SMILES string of the molecule is COc1ccc(-c2ccc3cc(-c4nc5cc(C(=O)N6CC7CCC6[C@@H]7N)cc(OC)c5n4C)n(CC4CC4)c3n2)c(F)c1. The number of methoxy groups -OCH3 is 2. The first kappa shape index (κ1) is 27.1. The van der Waals surface area contributed by atoms with Crippen molar-refractivity contribution in [1.82, 2.24) is 24.0 Å². The zero-order valence-electron chi connectivity index (χ0n) is 25.1. The minimum Gasteiger partial charge on any atom is -0.497 e. The fraction of sp³-hybridized carbons (Fsp3) is 0.382. The molecule has 0 radical (unpaired) electrons. The van der Waals surface area contributed by atoms with Crippen LogP contribution in [0.2, 0.25) is 0 Å². The fourth-order valence-electron chi connectivity index (χ4n) is 7.30. The molecule has 2 aromatic carbocycles. The number of imidazole rings is 1. The van der Waals surface area contributed by atoms with E-state index in [1.807, 2.05) is 40.8 Å². The van der Waals surface area contributed by atoms with Gasteiger partial charge < -0.3 is 29.2 Å². The molecule has 44 heavy (non-hydrogen) atoms. The minimum atomic E-state index is -0.381. The molecule has 3 aromatic heterocycles. The van der Waals surface area contributed by atoms with Gasteiger partial charge in [-0.2, -0.15) is 0 Å². The Morgan fingerprint density at radius 2 is 1.86 bits per heavy atom. The molecule has 2 aliphatic carbocycles. The quantitative estimate of drug-likeness (QED) is 0.272. The standard InChI is InChI=1S/C34H35FN6O3/c1-39-31-26(12-21(14-29(31)44-3)34(42)41-17-20-7-11-27(41)30(20)36)38-33(39)28-13-19-6-10-25(23-9-8-22(43-2)15-24(23)35)37-32(19)40(28)16-18-4-5-18/h6,8-10,12-15,18,20,27,30H,4-5,7,11,16-17,36H2,1-3H3/t20?,27?,30-/m1/s1. The predicted molar refractivity (Wildman–Crippen MR) is 166 cm³/mol. The minimum absolute atomic E-state index is 0.0228. The number of carbonyl (C=O) groups excluding carboxylic acids is 1. The molecule has 3 atom stereocenters. The number of halogens is 1. The first-order valence-corrected chi connectivity index (χ1v) is 15.3. The summed E-state index contributed by atoms with van der Waals surface area (Å²) in [5.74, 6) is 2.34. The van der Waals surface area contributed by atoms with Crippen LogP contribution in [0.25, 0.3) is 44.8 Å². The van der Waals surface area contributed by atoms with Crippen LogP contribution in [0.3, 0.4) is 0 Å². The maximum absolute atomic E-state index is 15.0. The lowest BCUT2D eigenvalue weighted by Gasteiger charge is -2.27. The topological polar surface area (TPSA) is 100 Å². The summed E-state index contributed by atoms with van der Waals surface area (Å²) in [4.78, 5) is 25.7. The second-order valence-electron chi connectivity index (χ2n) is 12.5. The Bertz CT molecular complexity index is 1960. The highest BCUT2D eigenvalue weighted by atomic mass is 19.1. The summed E-state index contributed by atoms with van der Waals surface area (Å²) >= 11 is 0. The number of ether oxygens (including phenoxy) is 2. The number of carbonyl (C=O) groups is 1. The van der Waals surface area contributed by atoms with Crippen molar-refractivity contribution < 1.29 is 18.7 Å². The molecule has 10 heteroatoms. The van der Waals surface area contributed by atoms with Crippen molar-refractivity contribution in [1.29, 1.82) is 0 Å². The number of benzene rings is 2. The van der Waals surface area contributed by atoms with Gasteiger partial charge in [-0.15, -0.1) is 0 Å². The van der Waals surface area contributed by atoms with Crippen LogP contribution in [0.5, 0.6) is 11.5 Å². The second-order valence-corrected chi connectivity index (χ2v) is 12.5. The van der Waals surface area contributed by atoms with Crippen molar-refractivity contribution in [3.05, 3.63) is 59.9 Å². The smallest absolute Gasteiger partial charge is 0.254 e. The van der Waals surface area contributed by atoms with E-state index in [0.717, 1.165) is 60.3 Å². The number of hydrogen-bond acceptors (Lipinski definition) is 6. The molecule has 226 valence electrons. The third-order valence-corrected chi connectivity index (χ3v) is 9.88. The molecule has 1 aliphatic heterocycles. The third-order valence-electron chi connectivity index (χ3n) is 9.88. The van der Waals surface area contributed by atoms with Gasteiger partial charge in [0.1, 0.15) is 28.5 Å². The summed E-state index contributed by atoms with van der Waals surface area (Å²) in [6.45, 7) is 1.50. The Hall–Kier alpha value is -4.44. The lowest BCUT2D eigenvalue weighted by atomic mass is 10.1. The molecule has 5 aromatic rings. The summed E-state index contributed by atoms with van der Waals surface area (Å²) < 4.78 is 30.3. The molecule has 8 rings (SSSR count). The summed E-state index contributed by atoms with van der Waals surface area (Å²) in [6.07, 6.45) is 4.37. The number of aryl methyl sites for hydroxylation is 1. The number of nitrogens with two attached hydrogens (primary N) is 1. The summed E-state index contributed by atoms with van der Waals surface area (Å²) in [5, 5.41) is 0.952. The number of fused-ring (bicyclic) bond motifs is 4. The van der Waals surface area contributed by atoms with Crippen LogP contribution >= 0.6 is 0 Å². The number of likely N-dealkylation sites (tertiary alicyclic amines) is 1. The Morgan fingerprint density at radius 1 is 1.02 bits per heavy atom. The van der Waals surface area contributed by atoms with Gasteiger partial charge in [-0.3, -0.25) is 4.79 Å². The van der Waals surface area contributed by atoms with Crippen molar-refractivity contribution in [2.24, 2.45) is 24.6 Å². The third kappa shape index (κ3) is 4.18. The lowest BCUT2D eigenvalue weighted by Crippen LogP contribution is -2.41. The summed E-state index contributed by atoms with van der Waals surface area (Å²) in [6, 6.07) is 14.6. The number of nitrogens with zero attached hydrogens (tertiary/aromatic N) is 5. The number of hydrogen-bond donors (Lipinski definition) is 1. The van der Waals surface area contributed by atoms with Gasteiger partial charge in [-0.05, 0) is 80.0 Å². The van der Waals surface area contributed by atoms with E-state index in [0.29, 0.717) is 52.2 Å². The number of rotatable bonds is 7. The highest BCUT2D eigenvalue weighted by Crippen LogP contribution is 2.40. The van der Waals surface area contributed by atoms with E-state index in [2.05, 4.69) is 10.6 Å². The number of pyridine rings is 1. The van der Waals surface area contributed by atoms with Crippen LogP contribution in [0.4, 0.5) is 4.39 Å². The van der Waals surface area contributed by atoms with Gasteiger partial charge in [0, 0.05) is 54.8 Å². The fourth-order valence-corrected chi connectivity index (χ4v) is 7.30. The number of aromatic nitrogens is 4. The van der Waals surface area contributed by atoms with Crippen molar-refractivity contribution in [2.45, 2.75) is 44.3 Å². The van der Waals surface area contributed by atoms with Gasteiger partial charge >= 0.3 is 0 Å². The molecule has 3 aliphatic rings. The molecule has 9 nitrogen and oxygen atoms in total. The van der Waals surface area contributed by atoms with E-state index in [4.69, 9.17) is 25.2 Å². The first-order valence-electron chi connectivity index (χ1n) is 15.3. The first-order chi connectivity index (χ1) is 21.3. The van der Waals surface area contributed by atoms with Gasteiger partial charge in [0.2, 0.25) is 0 Å². The summed E-state index contributed by atoms with van der Waals surface area (Å²) in [5.41, 5.74) is 11.2. The highest BCUT2D eigenvalue weighted by Gasteiger charge is 2.47. The molecule has 1 amide bonds. The zero-order valence-corrected chi connectivity index (χ0v) is 25.1. The predicted octanol–water partition coefficient (Wildman–Crippen LogP) is 5.39. The Balaban J connectivity index is 1.24. The Labute approximate surface area is 254 Å². The number of amides is 1. The molecular weight excluding hydrogens is 559 g/mol. The van der Waals surface area contributed by atoms with Crippen LogP contribution in [-0.4, -0.2) is 62.8 Å². The largest absolute Gasteiger partial charge is 0.497 e. The molecular formula is C34H35FN6O3. The Morgan fingerprint density at radius 3 is 2.55 bits per heavy atom. The van der Waals surface area contributed by atoms with Crippen LogP contribution in [-0.2, 0) is 13.6 Å². The van der Waals surface area contributed by atoms with Gasteiger partial charge in [0.05, 0.1) is 31.1 Å². The summed E-state index contributed by atoms with van der Waals surface area (Å²) in [7, 11) is 5.11. The van der Waals surface area contributed by atoms with Gasteiger partial charge in [-0.1, -0.05) is 0 Å². The van der Waals surface area contributed by atoms with Crippen molar-refractivity contribution in [3.63, 3.8) is 0 Å². The molecule has 2 N–H and O–H groups in total. The average Bonchev–Trinajstić information content (AvgIpc) is 3.44. The van der Waals surface area contributed by atoms with Crippen molar-refractivity contribution in [2.75, 3.05) is 20.8 Å². The van der Waals surface area contributed by atoms with Crippen molar-refractivity contribution >= 4 is 28.0 Å². The number of piperidine rings is 1. The second kappa shape index (κ2) is 10.1. The van der Waals surface area contributed by atoms with E-state index in [1.54, 1.807) is 19.2 Å². The highest BCUT2D eigenvalue weighted by molar-refractivity contribution is 6.00. The monoisotopic (exact) mass is 594 g/mol. The van der Waals surface area contributed by atoms with E-state index < -0.39 is 0 Å². The maximum Gasteiger partial charge on any atom is 0.254 e. The van der Waals surface area contributed by atoms with E-state index >= 15 is 4.39 Å². The van der Waals surface area contributed by atoms with Crippen LogP contribution in [0.15, 0.2) is 48.5 Å². The normalized spacial score (nSPS) is 21.1. The van der Waals surface area contributed by atoms with E-state index in [9.17, 15) is 4.79 Å². The average molecular weight is 595 g/mol. The van der Waals surface area contributed by atoms with Crippen LogP contribution in [0.1, 0.15) is 36.0 Å². The lowest BCUT2D eigenvalue weighted by molar-refractivity contribution is 0.0700. The van der Waals surface area contributed by atoms with Gasteiger partial charge in [0.25, 0.3) is 5.91 Å². The molecule has 3 fully saturated rings. The van der Waals surface area contributed by atoms with Gasteiger partial charge in [-0.25, -0.2) is 14.4 Å².